The quantitative estimate of drug-likeness (QED) is 0.226. The van der Waals surface area contributed by atoms with Crippen molar-refractivity contribution in [3.63, 3.8) is 0 Å². The molecule has 0 saturated heterocycles. The van der Waals surface area contributed by atoms with Gasteiger partial charge in [0, 0.05) is 41.5 Å². The summed E-state index contributed by atoms with van der Waals surface area (Å²) in [6.45, 7) is 7.26. The second kappa shape index (κ2) is 14.5. The molecule has 0 aliphatic heterocycles. The largest absolute Gasteiger partial charge is 1.00 e. The fourth-order valence-electron chi connectivity index (χ4n) is 2.00. The predicted molar refractivity (Wildman–Crippen MR) is 88.8 cm³/mol. The van der Waals surface area contributed by atoms with Gasteiger partial charge in [0.05, 0.1) is 6.16 Å². The summed E-state index contributed by atoms with van der Waals surface area (Å²) in [7, 11) is 2.85. The van der Waals surface area contributed by atoms with Crippen LogP contribution in [0.5, 0.6) is 0 Å². The normalized spacial score (nSPS) is 12.1. The molecule has 4 heteroatoms. The second-order valence-electron chi connectivity index (χ2n) is 6.17. The molecule has 0 rings (SSSR count). The first-order valence-corrected chi connectivity index (χ1v) is 10.8. The van der Waals surface area contributed by atoms with Crippen LogP contribution < -0.4 is 17.0 Å². The topological polar surface area (TPSA) is 18.5 Å². The van der Waals surface area contributed by atoms with Crippen LogP contribution in [0.3, 0.4) is 0 Å². The molecule has 2 nitrogen and oxygen atoms in total. The van der Waals surface area contributed by atoms with Crippen molar-refractivity contribution in [1.82, 2.24) is 0 Å². The van der Waals surface area contributed by atoms with Crippen LogP contribution in [0.1, 0.15) is 44.9 Å². The summed E-state index contributed by atoms with van der Waals surface area (Å²) in [6.07, 6.45) is 14.7. The van der Waals surface area contributed by atoms with E-state index in [4.69, 9.17) is 9.47 Å². The van der Waals surface area contributed by atoms with Crippen molar-refractivity contribution in [3.8, 4) is 0 Å². The van der Waals surface area contributed by atoms with E-state index in [0.29, 0.717) is 0 Å². The first-order valence-electron chi connectivity index (χ1n) is 7.50. The van der Waals surface area contributed by atoms with Gasteiger partial charge in [-0.3, -0.25) is 0 Å². The number of rotatable bonds is 12. The van der Waals surface area contributed by atoms with Gasteiger partial charge in [0.25, 0.3) is 0 Å². The molecule has 20 heavy (non-hydrogen) atoms. The Balaban J connectivity index is 0. The van der Waals surface area contributed by atoms with Gasteiger partial charge in [-0.1, -0.05) is 18.6 Å². The van der Waals surface area contributed by atoms with E-state index in [1.165, 1.54) is 44.7 Å². The van der Waals surface area contributed by atoms with Crippen LogP contribution in [0.25, 0.3) is 0 Å². The molecule has 0 atom stereocenters. The molecule has 0 unspecified atom stereocenters. The summed E-state index contributed by atoms with van der Waals surface area (Å²) < 4.78 is 10.3. The summed E-state index contributed by atoms with van der Waals surface area (Å²) in [6, 6.07) is 0. The average Bonchev–Trinajstić information content (AvgIpc) is 2.35. The highest BCUT2D eigenvalue weighted by molar-refractivity contribution is 7.73. The molecule has 0 bridgehead atoms. The standard InChI is InChI=1S/C16H34O2P.BrH/c1-17-16(18-2)14-12-10-8-6-7-9-11-13-15-19(3,4)5;/h7,9,16H,6,8,10-15H2,1-5H3;1H/q+1;/p-1/b9-7+;. The van der Waals surface area contributed by atoms with Crippen LogP contribution in [-0.4, -0.2) is 46.7 Å². The van der Waals surface area contributed by atoms with Gasteiger partial charge in [-0.15, -0.1) is 0 Å². The van der Waals surface area contributed by atoms with E-state index >= 15 is 0 Å². The van der Waals surface area contributed by atoms with Gasteiger partial charge < -0.3 is 26.5 Å². The minimum Gasteiger partial charge on any atom is -1.00 e. The van der Waals surface area contributed by atoms with Crippen LogP contribution in [0.15, 0.2) is 12.2 Å². The van der Waals surface area contributed by atoms with E-state index in [1.54, 1.807) is 14.2 Å². The van der Waals surface area contributed by atoms with Crippen LogP contribution in [0.2, 0.25) is 0 Å². The minimum absolute atomic E-state index is 0. The second-order valence-corrected chi connectivity index (χ2v) is 11.2. The van der Waals surface area contributed by atoms with Gasteiger partial charge in [-0.25, -0.2) is 0 Å². The molecule has 0 saturated carbocycles. The number of methoxy groups -OCH3 is 2. The average molecular weight is 369 g/mol. The molecule has 0 aromatic carbocycles. The highest BCUT2D eigenvalue weighted by Gasteiger charge is 2.14. The molecule has 0 aliphatic rings. The molecule has 0 aliphatic carbocycles. The van der Waals surface area contributed by atoms with Gasteiger partial charge in [0.1, 0.15) is 0 Å². The summed E-state index contributed by atoms with van der Waals surface area (Å²) in [5, 5.41) is 0. The van der Waals surface area contributed by atoms with Gasteiger partial charge in [-0.05, 0) is 38.5 Å². The monoisotopic (exact) mass is 368 g/mol. The Hall–Kier alpha value is 0.570. The van der Waals surface area contributed by atoms with Gasteiger partial charge >= 0.3 is 0 Å². The Morgan fingerprint density at radius 3 is 1.90 bits per heavy atom. The minimum atomic E-state index is -0.559. The maximum Gasteiger partial charge on any atom is 0.156 e. The van der Waals surface area contributed by atoms with Crippen molar-refractivity contribution in [2.24, 2.45) is 0 Å². The summed E-state index contributed by atoms with van der Waals surface area (Å²) in [4.78, 5) is 0. The smallest absolute Gasteiger partial charge is 0.156 e. The van der Waals surface area contributed by atoms with Gasteiger partial charge in [-0.2, -0.15) is 0 Å². The van der Waals surface area contributed by atoms with Crippen molar-refractivity contribution >= 4 is 7.26 Å². The first kappa shape index (κ1) is 22.8. The van der Waals surface area contributed by atoms with Crippen LogP contribution in [-0.2, 0) is 9.47 Å². The Bertz CT molecular complexity index is 223. The lowest BCUT2D eigenvalue weighted by molar-refractivity contribution is -0.107. The fraction of sp³-hybridized carbons (Fsp3) is 0.875. The lowest BCUT2D eigenvalue weighted by Crippen LogP contribution is -3.00. The molecule has 0 N–H and O–H groups in total. The number of halogens is 1. The van der Waals surface area contributed by atoms with Crippen molar-refractivity contribution in [1.29, 1.82) is 0 Å². The predicted octanol–water partition coefficient (Wildman–Crippen LogP) is 1.80. The van der Waals surface area contributed by atoms with Crippen molar-refractivity contribution in [2.75, 3.05) is 40.4 Å². The molecule has 0 spiro atoms. The Morgan fingerprint density at radius 2 is 1.40 bits per heavy atom. The first-order chi connectivity index (χ1) is 8.99. The number of allylic oxidation sites excluding steroid dienone is 2. The van der Waals surface area contributed by atoms with E-state index in [2.05, 4.69) is 32.1 Å². The molecule has 0 radical (unpaired) electrons. The maximum absolute atomic E-state index is 5.17. The summed E-state index contributed by atoms with van der Waals surface area (Å²) >= 11 is 0. The molecule has 0 heterocycles. The van der Waals surface area contributed by atoms with E-state index in [1.807, 2.05) is 0 Å². The van der Waals surface area contributed by atoms with Crippen LogP contribution in [0.4, 0.5) is 0 Å². The zero-order chi connectivity index (χ0) is 14.6. The van der Waals surface area contributed by atoms with E-state index in [-0.39, 0.29) is 23.3 Å². The number of hydrogen-bond donors (Lipinski definition) is 0. The third-order valence-electron chi connectivity index (χ3n) is 3.20. The van der Waals surface area contributed by atoms with Crippen molar-refractivity contribution < 1.29 is 26.5 Å². The molecule has 0 amide bonds. The third-order valence-corrected chi connectivity index (χ3v) is 4.86. The zero-order valence-electron chi connectivity index (χ0n) is 14.0. The Morgan fingerprint density at radius 1 is 0.850 bits per heavy atom. The number of unbranched alkanes of at least 4 members (excludes halogenated alkanes) is 4. The lowest BCUT2D eigenvalue weighted by Gasteiger charge is -2.12. The number of ether oxygens (including phenoxy) is 2. The maximum atomic E-state index is 5.17. The van der Waals surface area contributed by atoms with Gasteiger partial charge in [0.15, 0.2) is 6.29 Å². The zero-order valence-corrected chi connectivity index (χ0v) is 16.5. The van der Waals surface area contributed by atoms with Crippen LogP contribution in [0, 0.1) is 0 Å². The van der Waals surface area contributed by atoms with E-state index < -0.39 is 7.26 Å². The molecule has 0 fully saturated rings. The molecule has 0 aromatic rings. The molecule has 122 valence electrons. The van der Waals surface area contributed by atoms with Crippen LogP contribution >= 0.6 is 7.26 Å². The van der Waals surface area contributed by atoms with E-state index in [9.17, 15) is 0 Å². The number of hydrogen-bond acceptors (Lipinski definition) is 2. The fourth-order valence-corrected chi connectivity index (χ4v) is 3.13. The SMILES string of the molecule is COC(CCCCC/C=C/CCC[P+](C)(C)C)OC.[Br-]. The Kier molecular flexibility index (Phi) is 16.6. The highest BCUT2D eigenvalue weighted by atomic mass is 79.9. The Labute approximate surface area is 137 Å². The van der Waals surface area contributed by atoms with Crippen molar-refractivity contribution in [3.05, 3.63) is 12.2 Å². The van der Waals surface area contributed by atoms with Gasteiger partial charge in [0.2, 0.25) is 0 Å². The van der Waals surface area contributed by atoms with Crippen molar-refractivity contribution in [2.45, 2.75) is 51.2 Å². The molecular weight excluding hydrogens is 335 g/mol. The highest BCUT2D eigenvalue weighted by Crippen LogP contribution is 2.47. The summed E-state index contributed by atoms with van der Waals surface area (Å²) in [5.74, 6) is 0. The lowest BCUT2D eigenvalue weighted by atomic mass is 10.1. The van der Waals surface area contributed by atoms with E-state index in [0.717, 1.165) is 6.42 Å². The molecule has 0 aromatic heterocycles. The molecular formula is C16H34BrO2P. The third kappa shape index (κ3) is 16.6. The summed E-state index contributed by atoms with van der Waals surface area (Å²) in [5.41, 5.74) is 0.